The number of rotatable bonds is 4. The van der Waals surface area contributed by atoms with Gasteiger partial charge in [-0.25, -0.2) is 0 Å². The van der Waals surface area contributed by atoms with Crippen LogP contribution in [0.4, 0.5) is 5.95 Å². The third-order valence-electron chi connectivity index (χ3n) is 2.73. The van der Waals surface area contributed by atoms with E-state index in [9.17, 15) is 4.79 Å². The van der Waals surface area contributed by atoms with Crippen LogP contribution in [0.3, 0.4) is 0 Å². The molecule has 19 heavy (non-hydrogen) atoms. The second-order valence-corrected chi connectivity index (χ2v) is 4.48. The molecule has 0 bridgehead atoms. The number of aryl methyl sites for hydroxylation is 3. The molecular formula is C13H17N5O. The van der Waals surface area contributed by atoms with Crippen LogP contribution in [-0.4, -0.2) is 26.1 Å². The standard InChI is InChI=1S/C13H17N5O/c1-4-7-18-16-13(15-17-18)14-12(19)11-6-5-9(2)8-10(11)3/h5-6,8H,4,7H2,1-3H3,(H,14,16,19). The normalized spacial score (nSPS) is 10.5. The Balaban J connectivity index is 2.11. The summed E-state index contributed by atoms with van der Waals surface area (Å²) in [4.78, 5) is 13.6. The fraction of sp³-hybridized carbons (Fsp3) is 0.385. The zero-order valence-corrected chi connectivity index (χ0v) is 11.3. The summed E-state index contributed by atoms with van der Waals surface area (Å²) in [6, 6.07) is 5.68. The number of tetrazole rings is 1. The molecule has 0 saturated heterocycles. The number of hydrogen-bond donors (Lipinski definition) is 1. The summed E-state index contributed by atoms with van der Waals surface area (Å²) in [5.41, 5.74) is 2.68. The number of carbonyl (C=O) groups is 1. The molecule has 1 aromatic carbocycles. The van der Waals surface area contributed by atoms with Crippen molar-refractivity contribution < 1.29 is 4.79 Å². The lowest BCUT2D eigenvalue weighted by molar-refractivity contribution is 0.102. The second-order valence-electron chi connectivity index (χ2n) is 4.48. The van der Waals surface area contributed by atoms with Gasteiger partial charge in [0.05, 0.1) is 6.54 Å². The van der Waals surface area contributed by atoms with Gasteiger partial charge in [0.25, 0.3) is 11.9 Å². The minimum Gasteiger partial charge on any atom is -0.288 e. The first-order valence-corrected chi connectivity index (χ1v) is 6.26. The summed E-state index contributed by atoms with van der Waals surface area (Å²) in [5, 5.41) is 14.4. The number of amides is 1. The average Bonchev–Trinajstić information content (AvgIpc) is 2.76. The van der Waals surface area contributed by atoms with Crippen LogP contribution in [0.25, 0.3) is 0 Å². The quantitative estimate of drug-likeness (QED) is 0.910. The molecule has 1 aromatic heterocycles. The Hall–Kier alpha value is -2.24. The van der Waals surface area contributed by atoms with Gasteiger partial charge in [0.15, 0.2) is 0 Å². The molecule has 6 heteroatoms. The Kier molecular flexibility index (Phi) is 3.89. The minimum atomic E-state index is -0.214. The van der Waals surface area contributed by atoms with Crippen LogP contribution in [0, 0.1) is 13.8 Å². The van der Waals surface area contributed by atoms with Gasteiger partial charge < -0.3 is 0 Å². The molecule has 0 saturated carbocycles. The molecule has 100 valence electrons. The largest absolute Gasteiger partial charge is 0.288 e. The summed E-state index contributed by atoms with van der Waals surface area (Å²) >= 11 is 0. The van der Waals surface area contributed by atoms with Crippen LogP contribution >= 0.6 is 0 Å². The number of nitrogens with one attached hydrogen (secondary N) is 1. The summed E-state index contributed by atoms with van der Waals surface area (Å²) in [7, 11) is 0. The van der Waals surface area contributed by atoms with Crippen molar-refractivity contribution in [3.63, 3.8) is 0 Å². The van der Waals surface area contributed by atoms with Crippen LogP contribution < -0.4 is 5.32 Å². The molecular weight excluding hydrogens is 242 g/mol. The van der Waals surface area contributed by atoms with E-state index in [2.05, 4.69) is 20.7 Å². The number of aromatic nitrogens is 4. The van der Waals surface area contributed by atoms with Gasteiger partial charge in [0.1, 0.15) is 0 Å². The smallest absolute Gasteiger partial charge is 0.270 e. The molecule has 1 amide bonds. The molecule has 2 aromatic rings. The van der Waals surface area contributed by atoms with E-state index < -0.39 is 0 Å². The zero-order chi connectivity index (χ0) is 13.8. The number of hydrogen-bond acceptors (Lipinski definition) is 4. The third kappa shape index (κ3) is 3.15. The Morgan fingerprint density at radius 3 is 2.84 bits per heavy atom. The Morgan fingerprint density at radius 1 is 1.37 bits per heavy atom. The third-order valence-corrected chi connectivity index (χ3v) is 2.73. The Bertz CT molecular complexity index is 590. The second kappa shape index (κ2) is 5.60. The maximum absolute atomic E-state index is 12.1. The van der Waals surface area contributed by atoms with Crippen molar-refractivity contribution in [3.8, 4) is 0 Å². The molecule has 0 radical (unpaired) electrons. The first-order chi connectivity index (χ1) is 9.10. The first kappa shape index (κ1) is 13.2. The monoisotopic (exact) mass is 259 g/mol. The van der Waals surface area contributed by atoms with Crippen LogP contribution in [-0.2, 0) is 6.54 Å². The molecule has 0 aliphatic carbocycles. The molecule has 2 rings (SSSR count). The van der Waals surface area contributed by atoms with Crippen molar-refractivity contribution in [2.75, 3.05) is 5.32 Å². The fourth-order valence-corrected chi connectivity index (χ4v) is 1.83. The van der Waals surface area contributed by atoms with Gasteiger partial charge in [0.2, 0.25) is 0 Å². The lowest BCUT2D eigenvalue weighted by Gasteiger charge is -2.05. The highest BCUT2D eigenvalue weighted by Gasteiger charge is 2.12. The van der Waals surface area contributed by atoms with E-state index in [0.717, 1.165) is 17.5 Å². The highest BCUT2D eigenvalue weighted by molar-refractivity contribution is 6.04. The fourth-order valence-electron chi connectivity index (χ4n) is 1.83. The van der Waals surface area contributed by atoms with E-state index >= 15 is 0 Å². The summed E-state index contributed by atoms with van der Waals surface area (Å²) < 4.78 is 0. The zero-order valence-electron chi connectivity index (χ0n) is 11.3. The van der Waals surface area contributed by atoms with Crippen LogP contribution in [0.1, 0.15) is 34.8 Å². The van der Waals surface area contributed by atoms with Gasteiger partial charge >= 0.3 is 0 Å². The van der Waals surface area contributed by atoms with E-state index in [1.165, 1.54) is 4.80 Å². The van der Waals surface area contributed by atoms with Crippen LogP contribution in [0.15, 0.2) is 18.2 Å². The maximum atomic E-state index is 12.1. The summed E-state index contributed by atoms with van der Waals surface area (Å²) in [5.74, 6) is 0.0203. The molecule has 0 fully saturated rings. The maximum Gasteiger partial charge on any atom is 0.270 e. The van der Waals surface area contributed by atoms with Gasteiger partial charge in [-0.05, 0) is 37.1 Å². The van der Waals surface area contributed by atoms with Gasteiger partial charge in [-0.3, -0.25) is 10.1 Å². The van der Waals surface area contributed by atoms with Crippen LogP contribution in [0.5, 0.6) is 0 Å². The summed E-state index contributed by atoms with van der Waals surface area (Å²) in [6.07, 6.45) is 0.917. The minimum absolute atomic E-state index is 0.214. The van der Waals surface area contributed by atoms with E-state index in [-0.39, 0.29) is 11.9 Å². The lowest BCUT2D eigenvalue weighted by Crippen LogP contribution is -2.14. The van der Waals surface area contributed by atoms with Crippen molar-refractivity contribution in [2.45, 2.75) is 33.7 Å². The van der Waals surface area contributed by atoms with Crippen LogP contribution in [0.2, 0.25) is 0 Å². The first-order valence-electron chi connectivity index (χ1n) is 6.26. The number of nitrogens with zero attached hydrogens (tertiary/aromatic N) is 4. The SMILES string of the molecule is CCCn1nnc(NC(=O)c2ccc(C)cc2C)n1. The van der Waals surface area contributed by atoms with E-state index in [1.54, 1.807) is 6.07 Å². The molecule has 1 N–H and O–H groups in total. The van der Waals surface area contributed by atoms with Crippen molar-refractivity contribution >= 4 is 11.9 Å². The van der Waals surface area contributed by atoms with Crippen molar-refractivity contribution in [2.24, 2.45) is 0 Å². The van der Waals surface area contributed by atoms with Gasteiger partial charge in [0, 0.05) is 5.56 Å². The average molecular weight is 259 g/mol. The van der Waals surface area contributed by atoms with Crippen molar-refractivity contribution in [1.82, 2.24) is 20.2 Å². The predicted molar refractivity (Wildman–Crippen MR) is 72.0 cm³/mol. The van der Waals surface area contributed by atoms with E-state index in [1.807, 2.05) is 32.9 Å². The molecule has 1 heterocycles. The Labute approximate surface area is 111 Å². The van der Waals surface area contributed by atoms with E-state index in [0.29, 0.717) is 12.1 Å². The predicted octanol–water partition coefficient (Wildman–Crippen LogP) is 1.95. The Morgan fingerprint density at radius 2 is 2.16 bits per heavy atom. The van der Waals surface area contributed by atoms with Crippen molar-refractivity contribution in [3.05, 3.63) is 34.9 Å². The highest BCUT2D eigenvalue weighted by Crippen LogP contribution is 2.11. The number of anilines is 1. The summed E-state index contributed by atoms with van der Waals surface area (Å²) in [6.45, 7) is 6.61. The van der Waals surface area contributed by atoms with Crippen molar-refractivity contribution in [1.29, 1.82) is 0 Å². The van der Waals surface area contributed by atoms with Gasteiger partial charge in [-0.1, -0.05) is 29.7 Å². The number of carbonyl (C=O) groups excluding carboxylic acids is 1. The van der Waals surface area contributed by atoms with Gasteiger partial charge in [-0.2, -0.15) is 4.80 Å². The molecule has 6 nitrogen and oxygen atoms in total. The molecule has 0 unspecified atom stereocenters. The molecule has 0 aliphatic heterocycles. The van der Waals surface area contributed by atoms with Gasteiger partial charge in [-0.15, -0.1) is 5.10 Å². The molecule has 0 spiro atoms. The molecule has 0 aliphatic rings. The van der Waals surface area contributed by atoms with E-state index in [4.69, 9.17) is 0 Å². The number of benzene rings is 1. The highest BCUT2D eigenvalue weighted by atomic mass is 16.1. The molecule has 0 atom stereocenters. The lowest BCUT2D eigenvalue weighted by atomic mass is 10.1. The topological polar surface area (TPSA) is 72.7 Å².